The zero-order valence-electron chi connectivity index (χ0n) is 33.9. The molecule has 6 heteroatoms. The highest BCUT2D eigenvalue weighted by Gasteiger charge is 2.23. The molecule has 0 unspecified atom stereocenters. The summed E-state index contributed by atoms with van der Waals surface area (Å²) in [6.45, 7) is 13.2. The summed E-state index contributed by atoms with van der Waals surface area (Å²) >= 11 is 0. The normalized spacial score (nSPS) is 11.9. The number of pyridine rings is 3. The summed E-state index contributed by atoms with van der Waals surface area (Å²) in [5, 5.41) is 5.36. The average molecular weight is 764 g/mol. The van der Waals surface area contributed by atoms with Gasteiger partial charge >= 0.3 is 0 Å². The van der Waals surface area contributed by atoms with Gasteiger partial charge in [0.15, 0.2) is 0 Å². The Kier molecular flexibility index (Phi) is 7.76. The van der Waals surface area contributed by atoms with E-state index in [2.05, 4.69) is 160 Å². The maximum absolute atomic E-state index is 6.81. The molecular formula is C53H41N5O. The molecule has 0 fully saturated rings. The van der Waals surface area contributed by atoms with E-state index in [4.69, 9.17) is 19.7 Å². The van der Waals surface area contributed by atoms with E-state index < -0.39 is 0 Å². The van der Waals surface area contributed by atoms with Crippen molar-refractivity contribution in [3.63, 3.8) is 0 Å². The SMILES string of the molecule is Cc1cccc(C)c1-c1ccc2c(c1-c1c(C)cccc1C)c1ccc(Oc3ccc4c(c3)c3ncc(-c5c(C)cccc5C)n3c3cccnc43)cc1c1nccn21. The van der Waals surface area contributed by atoms with Crippen molar-refractivity contribution in [2.24, 2.45) is 0 Å². The molecule has 0 spiro atoms. The van der Waals surface area contributed by atoms with Crippen LogP contribution in [0.25, 0.3) is 88.3 Å². The number of aryl methyl sites for hydroxylation is 6. The van der Waals surface area contributed by atoms with Crippen LogP contribution in [-0.4, -0.2) is 23.8 Å². The van der Waals surface area contributed by atoms with E-state index in [-0.39, 0.29) is 0 Å². The van der Waals surface area contributed by atoms with Crippen molar-refractivity contribution in [2.45, 2.75) is 41.5 Å². The van der Waals surface area contributed by atoms with Gasteiger partial charge in [0, 0.05) is 51.3 Å². The van der Waals surface area contributed by atoms with Gasteiger partial charge in [0.25, 0.3) is 0 Å². The molecule has 59 heavy (non-hydrogen) atoms. The van der Waals surface area contributed by atoms with Crippen LogP contribution in [0.4, 0.5) is 0 Å². The number of nitrogens with zero attached hydrogens (tertiary/aromatic N) is 5. The number of benzene rings is 6. The molecule has 11 aromatic rings. The van der Waals surface area contributed by atoms with Gasteiger partial charge < -0.3 is 4.74 Å². The van der Waals surface area contributed by atoms with Crippen LogP contribution in [0.15, 0.2) is 140 Å². The van der Waals surface area contributed by atoms with Crippen molar-refractivity contribution >= 4 is 54.8 Å². The predicted octanol–water partition coefficient (Wildman–Crippen LogP) is 13.6. The highest BCUT2D eigenvalue weighted by molar-refractivity contribution is 6.20. The van der Waals surface area contributed by atoms with E-state index in [1.54, 1.807) is 0 Å². The fourth-order valence-electron chi connectivity index (χ4n) is 9.75. The second-order valence-corrected chi connectivity index (χ2v) is 16.0. The number of hydrogen-bond acceptors (Lipinski definition) is 4. The smallest absolute Gasteiger partial charge is 0.145 e. The lowest BCUT2D eigenvalue weighted by molar-refractivity contribution is 0.484. The molecule has 0 amide bonds. The molecule has 284 valence electrons. The first kappa shape index (κ1) is 34.9. The summed E-state index contributed by atoms with van der Waals surface area (Å²) in [5.41, 5.74) is 19.5. The van der Waals surface area contributed by atoms with Crippen LogP contribution in [0, 0.1) is 41.5 Å². The second kappa shape index (κ2) is 13.1. The number of rotatable bonds is 5. The third-order valence-electron chi connectivity index (χ3n) is 12.3. The molecule has 6 nitrogen and oxygen atoms in total. The van der Waals surface area contributed by atoms with Gasteiger partial charge in [-0.05, 0) is 152 Å². The zero-order valence-corrected chi connectivity index (χ0v) is 33.9. The van der Waals surface area contributed by atoms with Gasteiger partial charge in [-0.3, -0.25) is 13.8 Å². The molecule has 0 saturated carbocycles. The molecule has 0 saturated heterocycles. The van der Waals surface area contributed by atoms with Crippen molar-refractivity contribution in [3.05, 3.63) is 173 Å². The Hall–Kier alpha value is -7.31. The minimum Gasteiger partial charge on any atom is -0.457 e. The van der Waals surface area contributed by atoms with Crippen LogP contribution < -0.4 is 4.74 Å². The molecule has 0 aliphatic rings. The molecule has 0 aliphatic carbocycles. The lowest BCUT2D eigenvalue weighted by atomic mass is 9.83. The monoisotopic (exact) mass is 763 g/mol. The van der Waals surface area contributed by atoms with Gasteiger partial charge in [-0.25, -0.2) is 9.97 Å². The van der Waals surface area contributed by atoms with Crippen molar-refractivity contribution in [2.75, 3.05) is 0 Å². The van der Waals surface area contributed by atoms with Crippen LogP contribution in [0.2, 0.25) is 0 Å². The molecule has 6 aromatic carbocycles. The van der Waals surface area contributed by atoms with E-state index in [9.17, 15) is 0 Å². The van der Waals surface area contributed by atoms with E-state index in [0.29, 0.717) is 0 Å². The van der Waals surface area contributed by atoms with Gasteiger partial charge in [0.2, 0.25) is 0 Å². The number of ether oxygens (including phenoxy) is 1. The van der Waals surface area contributed by atoms with Gasteiger partial charge in [0.1, 0.15) is 22.8 Å². The molecule has 0 atom stereocenters. The summed E-state index contributed by atoms with van der Waals surface area (Å²) < 4.78 is 11.3. The Balaban J connectivity index is 1.13. The van der Waals surface area contributed by atoms with Crippen molar-refractivity contribution in [1.29, 1.82) is 0 Å². The first-order valence-corrected chi connectivity index (χ1v) is 20.2. The number of hydrogen-bond donors (Lipinski definition) is 0. The number of aromatic nitrogens is 5. The fourth-order valence-corrected chi connectivity index (χ4v) is 9.75. The standard InChI is InChI=1S/C53H41N5O/c1-30-11-7-12-31(2)46(30)40-22-23-43-49(50(40)48-34(5)15-9-16-35(48)6)38-20-18-36(27-41(38)52-55-25-26-57(43)52)59-37-19-21-39-42(28-37)53-56-29-45(47-32(3)13-8-14-33(47)4)58(53)44-17-10-24-54-51(39)44/h7-29H,1-6H3. The molecule has 0 bridgehead atoms. The topological polar surface area (TPSA) is 56.7 Å². The third kappa shape index (κ3) is 5.22. The lowest BCUT2D eigenvalue weighted by Gasteiger charge is -2.22. The van der Waals surface area contributed by atoms with Crippen LogP contribution in [0.3, 0.4) is 0 Å². The average Bonchev–Trinajstić information content (AvgIpc) is 3.91. The summed E-state index contributed by atoms with van der Waals surface area (Å²) in [5.74, 6) is 1.45. The molecule has 0 aliphatic heterocycles. The van der Waals surface area contributed by atoms with E-state index >= 15 is 0 Å². The van der Waals surface area contributed by atoms with Crippen molar-refractivity contribution < 1.29 is 4.74 Å². The summed E-state index contributed by atoms with van der Waals surface area (Å²) in [6, 6.07) is 41.0. The van der Waals surface area contributed by atoms with Gasteiger partial charge in [0.05, 0.1) is 28.4 Å². The van der Waals surface area contributed by atoms with E-state index in [1.807, 2.05) is 30.7 Å². The van der Waals surface area contributed by atoms with E-state index in [0.717, 1.165) is 66.6 Å². The Labute approximate surface area is 342 Å². The largest absolute Gasteiger partial charge is 0.457 e. The molecule has 0 N–H and O–H groups in total. The third-order valence-corrected chi connectivity index (χ3v) is 12.3. The minimum atomic E-state index is 0.722. The summed E-state index contributed by atoms with van der Waals surface area (Å²) in [4.78, 5) is 14.9. The molecular weight excluding hydrogens is 723 g/mol. The van der Waals surface area contributed by atoms with Crippen molar-refractivity contribution in [1.82, 2.24) is 23.8 Å². The Bertz CT molecular complexity index is 3490. The first-order valence-electron chi connectivity index (χ1n) is 20.2. The quantitative estimate of drug-likeness (QED) is 0.164. The van der Waals surface area contributed by atoms with Gasteiger partial charge in [-0.1, -0.05) is 60.7 Å². The van der Waals surface area contributed by atoms with Crippen LogP contribution in [-0.2, 0) is 0 Å². The van der Waals surface area contributed by atoms with Gasteiger partial charge in [-0.15, -0.1) is 0 Å². The number of fused-ring (bicyclic) bond motifs is 12. The second-order valence-electron chi connectivity index (χ2n) is 16.0. The Morgan fingerprint density at radius 2 is 1.07 bits per heavy atom. The van der Waals surface area contributed by atoms with Gasteiger partial charge in [-0.2, -0.15) is 0 Å². The Morgan fingerprint density at radius 1 is 0.458 bits per heavy atom. The highest BCUT2D eigenvalue weighted by Crippen LogP contribution is 2.46. The molecule has 0 radical (unpaired) electrons. The van der Waals surface area contributed by atoms with Crippen molar-refractivity contribution in [3.8, 4) is 45.0 Å². The maximum atomic E-state index is 6.81. The van der Waals surface area contributed by atoms with Crippen LogP contribution >= 0.6 is 0 Å². The highest BCUT2D eigenvalue weighted by atomic mass is 16.5. The summed E-state index contributed by atoms with van der Waals surface area (Å²) in [7, 11) is 0. The fraction of sp³-hybridized carbons (Fsp3) is 0.113. The zero-order chi connectivity index (χ0) is 40.1. The maximum Gasteiger partial charge on any atom is 0.145 e. The molecule has 11 rings (SSSR count). The van der Waals surface area contributed by atoms with Crippen LogP contribution in [0.1, 0.15) is 33.4 Å². The minimum absolute atomic E-state index is 0.722. The Morgan fingerprint density at radius 3 is 1.75 bits per heavy atom. The molecule has 5 heterocycles. The van der Waals surface area contributed by atoms with Crippen LogP contribution in [0.5, 0.6) is 11.5 Å². The summed E-state index contributed by atoms with van der Waals surface area (Å²) in [6.07, 6.45) is 7.82. The van der Waals surface area contributed by atoms with E-state index in [1.165, 1.54) is 66.6 Å². The molecule has 5 aromatic heterocycles. The number of imidazole rings is 2. The lowest BCUT2D eigenvalue weighted by Crippen LogP contribution is -1.99. The predicted molar refractivity (Wildman–Crippen MR) is 243 cm³/mol. The first-order chi connectivity index (χ1) is 28.8.